The molecule has 1 aromatic heterocycles. The van der Waals surface area contributed by atoms with Crippen LogP contribution in [0.5, 0.6) is 0 Å². The lowest BCUT2D eigenvalue weighted by Gasteiger charge is -2.35. The van der Waals surface area contributed by atoms with E-state index in [0.717, 1.165) is 12.8 Å². The van der Waals surface area contributed by atoms with E-state index in [9.17, 15) is 13.2 Å². The molecular weight excluding hydrogens is 388 g/mol. The Hall–Kier alpha value is -1.57. The average Bonchev–Trinajstić information content (AvgIpc) is 2.56. The lowest BCUT2D eigenvalue weighted by atomic mass is 9.91. The van der Waals surface area contributed by atoms with Gasteiger partial charge in [0.15, 0.2) is 5.69 Å². The fraction of sp³-hybridized carbons (Fsp3) is 0.412. The molecule has 1 saturated heterocycles. The Morgan fingerprint density at radius 1 is 1.19 bits per heavy atom. The first kappa shape index (κ1) is 19.2. The summed E-state index contributed by atoms with van der Waals surface area (Å²) < 4.78 is 40.9. The Labute approximate surface area is 159 Å². The van der Waals surface area contributed by atoms with Crippen molar-refractivity contribution in [3.05, 3.63) is 40.1 Å². The third kappa shape index (κ3) is 3.89. The second kappa shape index (κ2) is 6.87. The van der Waals surface area contributed by atoms with Crippen molar-refractivity contribution in [3.8, 4) is 11.3 Å². The van der Waals surface area contributed by atoms with Crippen molar-refractivity contribution in [2.75, 3.05) is 18.0 Å². The maximum Gasteiger partial charge on any atom is 0.435 e. The van der Waals surface area contributed by atoms with Gasteiger partial charge in [-0.25, -0.2) is 4.98 Å². The highest BCUT2D eigenvalue weighted by Crippen LogP contribution is 2.40. The number of quaternary nitrogens is 1. The fourth-order valence-electron chi connectivity index (χ4n) is 2.89. The number of aromatic nitrogens is 2. The van der Waals surface area contributed by atoms with E-state index in [-0.39, 0.29) is 32.7 Å². The van der Waals surface area contributed by atoms with E-state index in [0.29, 0.717) is 13.1 Å². The van der Waals surface area contributed by atoms with Crippen molar-refractivity contribution in [2.45, 2.75) is 31.5 Å². The van der Waals surface area contributed by atoms with Crippen LogP contribution >= 0.6 is 23.2 Å². The minimum Gasteiger partial charge on any atom is -0.355 e. The van der Waals surface area contributed by atoms with E-state index in [2.05, 4.69) is 15.7 Å². The van der Waals surface area contributed by atoms with Crippen LogP contribution in [0.2, 0.25) is 10.0 Å². The van der Waals surface area contributed by atoms with Crippen LogP contribution in [-0.4, -0.2) is 28.6 Å². The summed E-state index contributed by atoms with van der Waals surface area (Å²) in [7, 11) is 0. The molecule has 1 fully saturated rings. The third-order valence-corrected chi connectivity index (χ3v) is 5.35. The van der Waals surface area contributed by atoms with Gasteiger partial charge in [0.2, 0.25) is 0 Å². The average molecular weight is 406 g/mol. The van der Waals surface area contributed by atoms with E-state index >= 15 is 0 Å². The molecule has 0 amide bonds. The number of halogens is 5. The second-order valence-corrected chi connectivity index (χ2v) is 7.61. The molecule has 2 heterocycles. The fourth-order valence-corrected chi connectivity index (χ4v) is 3.28. The van der Waals surface area contributed by atoms with Crippen LogP contribution in [0.25, 0.3) is 11.3 Å². The first-order valence-electron chi connectivity index (χ1n) is 8.07. The molecule has 0 spiro atoms. The monoisotopic (exact) mass is 405 g/mol. The van der Waals surface area contributed by atoms with Crippen molar-refractivity contribution < 1.29 is 18.9 Å². The Morgan fingerprint density at radius 2 is 1.85 bits per heavy atom. The second-order valence-electron chi connectivity index (χ2n) is 6.82. The van der Waals surface area contributed by atoms with Crippen LogP contribution in [0, 0.1) is 0 Å². The number of hydrogen-bond donors (Lipinski definition) is 1. The predicted molar refractivity (Wildman–Crippen MR) is 95.2 cm³/mol. The molecule has 0 unspecified atom stereocenters. The zero-order valence-corrected chi connectivity index (χ0v) is 15.6. The van der Waals surface area contributed by atoms with Gasteiger partial charge in [0, 0.05) is 31.5 Å². The Kier molecular flexibility index (Phi) is 5.07. The minimum absolute atomic E-state index is 0.0208. The van der Waals surface area contributed by atoms with Gasteiger partial charge in [0.25, 0.3) is 0 Å². The first-order valence-corrected chi connectivity index (χ1v) is 8.83. The maximum absolute atomic E-state index is 13.6. The van der Waals surface area contributed by atoms with Crippen LogP contribution in [0.1, 0.15) is 25.5 Å². The molecule has 0 saturated carbocycles. The van der Waals surface area contributed by atoms with Gasteiger partial charge in [0.1, 0.15) is 11.5 Å². The summed E-state index contributed by atoms with van der Waals surface area (Å²) in [6.45, 7) is 3.22. The van der Waals surface area contributed by atoms with Crippen LogP contribution < -0.4 is 10.6 Å². The van der Waals surface area contributed by atoms with E-state index in [4.69, 9.17) is 23.2 Å². The smallest absolute Gasteiger partial charge is 0.355 e. The summed E-state index contributed by atoms with van der Waals surface area (Å²) in [4.78, 5) is 9.73. The number of piperidine rings is 1. The van der Waals surface area contributed by atoms with Crippen molar-refractivity contribution in [3.63, 3.8) is 0 Å². The molecule has 3 N–H and O–H groups in total. The molecule has 26 heavy (non-hydrogen) atoms. The van der Waals surface area contributed by atoms with E-state index in [1.165, 1.54) is 24.4 Å². The van der Waals surface area contributed by atoms with Gasteiger partial charge in [0.05, 0.1) is 21.8 Å². The molecule has 0 atom stereocenters. The Bertz CT molecular complexity index is 814. The summed E-state index contributed by atoms with van der Waals surface area (Å²) >= 11 is 12.0. The zero-order valence-electron chi connectivity index (χ0n) is 14.1. The number of benzene rings is 1. The van der Waals surface area contributed by atoms with Crippen molar-refractivity contribution in [1.82, 2.24) is 9.97 Å². The molecule has 3 rings (SSSR count). The van der Waals surface area contributed by atoms with Gasteiger partial charge in [-0.2, -0.15) is 13.2 Å². The third-order valence-electron chi connectivity index (χ3n) is 4.53. The quantitative estimate of drug-likeness (QED) is 0.818. The van der Waals surface area contributed by atoms with Crippen LogP contribution in [-0.2, 0) is 6.18 Å². The number of anilines is 1. The number of nitrogens with zero attached hydrogens (tertiary/aromatic N) is 3. The molecule has 1 aromatic carbocycles. The topological polar surface area (TPSA) is 56.7 Å². The Balaban J connectivity index is 2.04. The van der Waals surface area contributed by atoms with E-state index in [1.54, 1.807) is 4.90 Å². The predicted octanol–water partition coefficient (Wildman–Crippen LogP) is 4.07. The molecule has 4 nitrogen and oxygen atoms in total. The highest BCUT2D eigenvalue weighted by molar-refractivity contribution is 6.43. The van der Waals surface area contributed by atoms with Crippen molar-refractivity contribution in [1.29, 1.82) is 0 Å². The van der Waals surface area contributed by atoms with Crippen molar-refractivity contribution in [2.24, 2.45) is 0 Å². The lowest BCUT2D eigenvalue weighted by Crippen LogP contribution is -2.73. The molecule has 2 aromatic rings. The molecule has 0 radical (unpaired) electrons. The van der Waals surface area contributed by atoms with Gasteiger partial charge in [-0.15, -0.1) is 0 Å². The van der Waals surface area contributed by atoms with Gasteiger partial charge in [-0.1, -0.05) is 35.3 Å². The summed E-state index contributed by atoms with van der Waals surface area (Å²) in [6, 6.07) is 4.48. The lowest BCUT2D eigenvalue weighted by molar-refractivity contribution is -0.475. The van der Waals surface area contributed by atoms with Gasteiger partial charge in [-0.05, 0) is 13.0 Å². The number of hydrogen-bond acceptors (Lipinski definition) is 3. The number of rotatable bonds is 2. The highest BCUT2D eigenvalue weighted by Gasteiger charge is 2.38. The standard InChI is InChI=1S/C17H17Cl2F3N4/c1-16(23)5-7-26(8-6-16)12-9-24-14(15(25-12)17(20,21)22)10-3-2-4-11(18)13(10)19/h2-4,9H,5-8,23H2,1H3/p+1. The number of alkyl halides is 3. The summed E-state index contributed by atoms with van der Waals surface area (Å²) in [5.41, 5.74) is 2.76. The molecule has 0 bridgehead atoms. The maximum atomic E-state index is 13.6. The van der Waals surface area contributed by atoms with Crippen LogP contribution in [0.4, 0.5) is 19.0 Å². The summed E-state index contributed by atoms with van der Waals surface area (Å²) in [6.07, 6.45) is -1.76. The molecule has 9 heteroatoms. The van der Waals surface area contributed by atoms with Crippen LogP contribution in [0.3, 0.4) is 0 Å². The van der Waals surface area contributed by atoms with Gasteiger partial charge in [-0.3, -0.25) is 4.98 Å². The first-order chi connectivity index (χ1) is 12.1. The molecule has 140 valence electrons. The van der Waals surface area contributed by atoms with Crippen LogP contribution in [0.15, 0.2) is 24.4 Å². The van der Waals surface area contributed by atoms with Gasteiger partial charge < -0.3 is 10.6 Å². The van der Waals surface area contributed by atoms with Gasteiger partial charge >= 0.3 is 6.18 Å². The summed E-state index contributed by atoms with van der Waals surface area (Å²) in [5, 5.41) is 0.182. The molecule has 1 aliphatic heterocycles. The largest absolute Gasteiger partial charge is 0.435 e. The zero-order chi connectivity index (χ0) is 19.1. The Morgan fingerprint density at radius 3 is 2.46 bits per heavy atom. The van der Waals surface area contributed by atoms with Crippen molar-refractivity contribution >= 4 is 29.0 Å². The normalized spacial score (nSPS) is 17.4. The molecule has 1 aliphatic rings. The molecule has 0 aliphatic carbocycles. The minimum atomic E-state index is -4.67. The van der Waals surface area contributed by atoms with E-state index < -0.39 is 11.9 Å². The SMILES string of the molecule is CC1([NH3+])CCN(c2cnc(-c3cccc(Cl)c3Cl)c(C(F)(F)F)n2)CC1. The molecular formula is C17H18Cl2F3N4+. The summed E-state index contributed by atoms with van der Waals surface area (Å²) in [5.74, 6) is 0.203. The van der Waals surface area contributed by atoms with E-state index in [1.807, 2.05) is 6.92 Å². The highest BCUT2D eigenvalue weighted by atomic mass is 35.5.